The van der Waals surface area contributed by atoms with E-state index in [0.717, 1.165) is 6.42 Å². The third-order valence-electron chi connectivity index (χ3n) is 2.43. The lowest BCUT2D eigenvalue weighted by Gasteiger charge is -2.22. The first-order chi connectivity index (χ1) is 6.99. The minimum absolute atomic E-state index is 0.102. The molecular weight excluding hydrogens is 192 g/mol. The van der Waals surface area contributed by atoms with Crippen molar-refractivity contribution in [3.63, 3.8) is 0 Å². The average Bonchev–Trinajstić information content (AvgIpc) is 2.41. The summed E-state index contributed by atoms with van der Waals surface area (Å²) in [4.78, 5) is 0. The van der Waals surface area contributed by atoms with Gasteiger partial charge in [-0.1, -0.05) is 0 Å². The van der Waals surface area contributed by atoms with E-state index in [0.29, 0.717) is 6.61 Å². The van der Waals surface area contributed by atoms with Gasteiger partial charge in [0.05, 0.1) is 31.0 Å². The molecule has 0 aromatic carbocycles. The van der Waals surface area contributed by atoms with Crippen molar-refractivity contribution in [2.45, 2.75) is 71.6 Å². The minimum atomic E-state index is 0.102. The Kier molecular flexibility index (Phi) is 5.03. The molecule has 15 heavy (non-hydrogen) atoms. The van der Waals surface area contributed by atoms with E-state index in [-0.39, 0.29) is 30.5 Å². The number of hydrogen-bond donors (Lipinski definition) is 0. The molecule has 0 saturated carbocycles. The summed E-state index contributed by atoms with van der Waals surface area (Å²) < 4.78 is 17.2. The van der Waals surface area contributed by atoms with Crippen molar-refractivity contribution in [3.05, 3.63) is 0 Å². The van der Waals surface area contributed by atoms with Gasteiger partial charge in [0, 0.05) is 6.42 Å². The lowest BCUT2D eigenvalue weighted by molar-refractivity contribution is -0.0852. The Morgan fingerprint density at radius 3 is 2.40 bits per heavy atom. The molecule has 1 fully saturated rings. The van der Waals surface area contributed by atoms with E-state index in [1.54, 1.807) is 0 Å². The van der Waals surface area contributed by atoms with Gasteiger partial charge in [0.1, 0.15) is 6.10 Å². The molecule has 0 aliphatic carbocycles. The van der Waals surface area contributed by atoms with Crippen LogP contribution in [0.3, 0.4) is 0 Å². The first-order valence-corrected chi connectivity index (χ1v) is 5.91. The van der Waals surface area contributed by atoms with Crippen LogP contribution in [-0.2, 0) is 14.2 Å². The Balaban J connectivity index is 2.38. The molecule has 1 aliphatic rings. The Bertz CT molecular complexity index is 180. The molecule has 3 heteroatoms. The molecule has 0 amide bonds. The second-order valence-corrected chi connectivity index (χ2v) is 4.83. The van der Waals surface area contributed by atoms with Crippen LogP contribution in [0.25, 0.3) is 0 Å². The molecule has 0 aromatic rings. The fraction of sp³-hybridized carbons (Fsp3) is 1.00. The molecule has 0 spiro atoms. The molecule has 0 N–H and O–H groups in total. The summed E-state index contributed by atoms with van der Waals surface area (Å²) in [5, 5.41) is 0. The summed E-state index contributed by atoms with van der Waals surface area (Å²) in [7, 11) is 0. The first-order valence-electron chi connectivity index (χ1n) is 5.91. The van der Waals surface area contributed by atoms with E-state index >= 15 is 0 Å². The highest BCUT2D eigenvalue weighted by molar-refractivity contribution is 4.82. The second-order valence-electron chi connectivity index (χ2n) is 4.83. The maximum absolute atomic E-state index is 5.82. The topological polar surface area (TPSA) is 27.7 Å². The molecule has 3 atom stereocenters. The summed E-state index contributed by atoms with van der Waals surface area (Å²) in [6.07, 6.45) is 2.07. The molecule has 90 valence electrons. The highest BCUT2D eigenvalue weighted by Gasteiger charge is 2.34. The van der Waals surface area contributed by atoms with Crippen LogP contribution in [0.4, 0.5) is 0 Å². The van der Waals surface area contributed by atoms with Gasteiger partial charge in [-0.3, -0.25) is 0 Å². The summed E-state index contributed by atoms with van der Waals surface area (Å²) in [6, 6.07) is 0. The standard InChI is InChI=1S/C12H24O3/c1-8(2)13-7-12-11(14-9(3)4)6-10(5)15-12/h8-12H,6-7H2,1-5H3/t10-,11+,12+/m0/s1. The SMILES string of the molecule is CC(C)OC[C@H]1O[C@@H](C)C[C@H]1OC(C)C. The number of hydrogen-bond acceptors (Lipinski definition) is 3. The van der Waals surface area contributed by atoms with Gasteiger partial charge in [-0.05, 0) is 34.6 Å². The van der Waals surface area contributed by atoms with Gasteiger partial charge < -0.3 is 14.2 Å². The maximum atomic E-state index is 5.82. The normalized spacial score (nSPS) is 31.8. The molecule has 0 radical (unpaired) electrons. The molecule has 0 bridgehead atoms. The van der Waals surface area contributed by atoms with Gasteiger partial charge in [0.25, 0.3) is 0 Å². The van der Waals surface area contributed by atoms with Crippen LogP contribution in [0.15, 0.2) is 0 Å². The largest absolute Gasteiger partial charge is 0.376 e. The van der Waals surface area contributed by atoms with Crippen molar-refractivity contribution in [2.24, 2.45) is 0 Å². The Morgan fingerprint density at radius 1 is 1.20 bits per heavy atom. The molecule has 1 saturated heterocycles. The van der Waals surface area contributed by atoms with Crippen molar-refractivity contribution in [1.29, 1.82) is 0 Å². The van der Waals surface area contributed by atoms with E-state index in [9.17, 15) is 0 Å². The lowest BCUT2D eigenvalue weighted by Crippen LogP contribution is -2.32. The number of ether oxygens (including phenoxy) is 3. The van der Waals surface area contributed by atoms with Crippen LogP contribution in [0.5, 0.6) is 0 Å². The van der Waals surface area contributed by atoms with Crippen LogP contribution < -0.4 is 0 Å². The van der Waals surface area contributed by atoms with Crippen LogP contribution >= 0.6 is 0 Å². The van der Waals surface area contributed by atoms with Crippen LogP contribution in [0, 0.1) is 0 Å². The average molecular weight is 216 g/mol. The van der Waals surface area contributed by atoms with Crippen molar-refractivity contribution >= 4 is 0 Å². The van der Waals surface area contributed by atoms with Gasteiger partial charge in [0.2, 0.25) is 0 Å². The quantitative estimate of drug-likeness (QED) is 0.706. The van der Waals surface area contributed by atoms with Crippen molar-refractivity contribution in [2.75, 3.05) is 6.61 Å². The van der Waals surface area contributed by atoms with Crippen LogP contribution in [0.2, 0.25) is 0 Å². The monoisotopic (exact) mass is 216 g/mol. The zero-order valence-corrected chi connectivity index (χ0v) is 10.5. The Labute approximate surface area is 93.1 Å². The fourth-order valence-electron chi connectivity index (χ4n) is 1.85. The smallest absolute Gasteiger partial charge is 0.107 e. The predicted molar refractivity (Wildman–Crippen MR) is 60.0 cm³/mol. The third kappa shape index (κ3) is 4.49. The van der Waals surface area contributed by atoms with Gasteiger partial charge in [-0.2, -0.15) is 0 Å². The number of rotatable bonds is 5. The predicted octanol–water partition coefficient (Wildman–Crippen LogP) is 2.38. The van der Waals surface area contributed by atoms with E-state index in [1.165, 1.54) is 0 Å². The van der Waals surface area contributed by atoms with Gasteiger partial charge in [-0.25, -0.2) is 0 Å². The second kappa shape index (κ2) is 5.83. The van der Waals surface area contributed by atoms with Crippen molar-refractivity contribution in [3.8, 4) is 0 Å². The molecular formula is C12H24O3. The van der Waals surface area contributed by atoms with E-state index in [4.69, 9.17) is 14.2 Å². The molecule has 0 unspecified atom stereocenters. The van der Waals surface area contributed by atoms with Crippen molar-refractivity contribution < 1.29 is 14.2 Å². The zero-order chi connectivity index (χ0) is 11.4. The third-order valence-corrected chi connectivity index (χ3v) is 2.43. The van der Waals surface area contributed by atoms with Gasteiger partial charge in [-0.15, -0.1) is 0 Å². The minimum Gasteiger partial charge on any atom is -0.376 e. The van der Waals surface area contributed by atoms with E-state index in [2.05, 4.69) is 20.8 Å². The molecule has 0 aromatic heterocycles. The van der Waals surface area contributed by atoms with Gasteiger partial charge >= 0.3 is 0 Å². The Hall–Kier alpha value is -0.120. The zero-order valence-electron chi connectivity index (χ0n) is 10.5. The summed E-state index contributed by atoms with van der Waals surface area (Å²) in [5.41, 5.74) is 0. The molecule has 1 aliphatic heterocycles. The lowest BCUT2D eigenvalue weighted by atomic mass is 10.1. The molecule has 1 rings (SSSR count). The van der Waals surface area contributed by atoms with E-state index < -0.39 is 0 Å². The molecule has 1 heterocycles. The Morgan fingerprint density at radius 2 is 1.87 bits per heavy atom. The maximum Gasteiger partial charge on any atom is 0.107 e. The summed E-state index contributed by atoms with van der Waals surface area (Å²) in [6.45, 7) is 10.9. The highest BCUT2D eigenvalue weighted by atomic mass is 16.6. The van der Waals surface area contributed by atoms with Crippen molar-refractivity contribution in [1.82, 2.24) is 0 Å². The first kappa shape index (κ1) is 12.9. The summed E-state index contributed by atoms with van der Waals surface area (Å²) >= 11 is 0. The molecule has 3 nitrogen and oxygen atoms in total. The van der Waals surface area contributed by atoms with E-state index in [1.807, 2.05) is 13.8 Å². The fourth-order valence-corrected chi connectivity index (χ4v) is 1.85. The highest BCUT2D eigenvalue weighted by Crippen LogP contribution is 2.24. The summed E-state index contributed by atoms with van der Waals surface area (Å²) in [5.74, 6) is 0. The van der Waals surface area contributed by atoms with Gasteiger partial charge in [0.15, 0.2) is 0 Å². The van der Waals surface area contributed by atoms with Crippen LogP contribution in [0.1, 0.15) is 41.0 Å². The van der Waals surface area contributed by atoms with Crippen LogP contribution in [-0.4, -0.2) is 37.1 Å².